The zero-order valence-corrected chi connectivity index (χ0v) is 33.1. The Bertz CT molecular complexity index is 1150. The van der Waals surface area contributed by atoms with Gasteiger partial charge in [-0.25, -0.2) is 0 Å². The summed E-state index contributed by atoms with van der Waals surface area (Å²) in [5, 5.41) is 38.1. The quantitative estimate of drug-likeness (QED) is 0.276. The van der Waals surface area contributed by atoms with Gasteiger partial charge in [0.2, 0.25) is 5.91 Å². The maximum absolute atomic E-state index is 14.2. The van der Waals surface area contributed by atoms with Crippen LogP contribution in [0.2, 0.25) is 0 Å². The van der Waals surface area contributed by atoms with Crippen molar-refractivity contribution in [2.24, 2.45) is 23.7 Å². The summed E-state index contributed by atoms with van der Waals surface area (Å²) in [4.78, 5) is 16.3. The van der Waals surface area contributed by atoms with Crippen molar-refractivity contribution in [1.82, 2.24) is 10.2 Å². The van der Waals surface area contributed by atoms with Gasteiger partial charge in [0.15, 0.2) is 12.6 Å². The average Bonchev–Trinajstić information content (AvgIpc) is 3.38. The lowest BCUT2D eigenvalue weighted by atomic mass is 9.75. The van der Waals surface area contributed by atoms with Gasteiger partial charge in [-0.3, -0.25) is 9.18 Å². The molecule has 298 valence electrons. The Labute approximate surface area is 305 Å². The maximum atomic E-state index is 14.2. The molecule has 4 N–H and O–H groups in total. The zero-order valence-electron chi connectivity index (χ0n) is 33.1. The Morgan fingerprint density at radius 2 is 1.65 bits per heavy atom. The number of halogens is 1. The molecule has 4 aliphatic rings. The van der Waals surface area contributed by atoms with Crippen LogP contribution in [-0.2, 0) is 33.2 Å². The molecule has 0 saturated carbocycles. The Morgan fingerprint density at radius 3 is 2.25 bits per heavy atom. The molecule has 51 heavy (non-hydrogen) atoms. The largest absolute Gasteiger partial charge is 0.390 e. The molecule has 4 rings (SSSR count). The number of carbonyl (C=O) groups is 1. The first-order chi connectivity index (χ1) is 23.7. The number of aliphatic hydroxyl groups excluding tert-OH is 2. The Morgan fingerprint density at radius 1 is 0.980 bits per heavy atom. The predicted molar refractivity (Wildman–Crippen MR) is 189 cm³/mol. The molecule has 4 saturated heterocycles. The fourth-order valence-corrected chi connectivity index (χ4v) is 9.50. The van der Waals surface area contributed by atoms with Crippen molar-refractivity contribution in [3.8, 4) is 0 Å². The van der Waals surface area contributed by atoms with E-state index < -0.39 is 96.3 Å². The van der Waals surface area contributed by atoms with Crippen LogP contribution in [0.3, 0.4) is 0 Å². The van der Waals surface area contributed by atoms with E-state index >= 15 is 0 Å². The monoisotopic (exact) mass is 732 g/mol. The number of hydrogen-bond donors (Lipinski definition) is 4. The molecule has 0 spiro atoms. The minimum absolute atomic E-state index is 0.0808. The van der Waals surface area contributed by atoms with Gasteiger partial charge in [-0.1, -0.05) is 34.6 Å². The summed E-state index contributed by atoms with van der Waals surface area (Å²) >= 11 is 0. The van der Waals surface area contributed by atoms with Crippen LogP contribution in [0.4, 0.5) is 4.39 Å². The summed E-state index contributed by atoms with van der Waals surface area (Å²) in [6.07, 6.45) is -4.54. The Kier molecular flexibility index (Phi) is 14.1. The highest BCUT2D eigenvalue weighted by Gasteiger charge is 2.57. The van der Waals surface area contributed by atoms with Gasteiger partial charge in [0.25, 0.3) is 0 Å². The van der Waals surface area contributed by atoms with Crippen LogP contribution in [0.15, 0.2) is 0 Å². The SMILES string of the molecule is CCN(C)[C@H]1C[C@@H](C)O[C@@H](O[C@@H]2[C@@H](C)[C@H](O[C@H]3C[C@@](C)(OC)C[C@H](C)O3)[C@@H](C)C(=O)N[C@@H](CCF)[C@@](C)(O)[C@H](O)[C@H](C)[C@@H]3O[C@]2(C)C[C@H]3C)[C@@H]1O. The van der Waals surface area contributed by atoms with Gasteiger partial charge in [-0.15, -0.1) is 0 Å². The Balaban J connectivity index is 1.83. The molecule has 12 nitrogen and oxygen atoms in total. The lowest BCUT2D eigenvalue weighted by Gasteiger charge is -2.48. The first-order valence-electron chi connectivity index (χ1n) is 19.2. The smallest absolute Gasteiger partial charge is 0.225 e. The molecule has 18 atom stereocenters. The van der Waals surface area contributed by atoms with Crippen LogP contribution in [0, 0.1) is 23.7 Å². The van der Waals surface area contributed by atoms with Gasteiger partial charge < -0.3 is 54.0 Å². The van der Waals surface area contributed by atoms with E-state index in [0.717, 1.165) is 6.54 Å². The number of nitrogens with zero attached hydrogens (tertiary/aromatic N) is 1. The third kappa shape index (κ3) is 9.11. The molecule has 4 aliphatic heterocycles. The third-order valence-electron chi connectivity index (χ3n) is 12.7. The minimum Gasteiger partial charge on any atom is -0.390 e. The molecule has 2 bridgehead atoms. The normalized spacial score (nSPS) is 50.3. The molecule has 13 heteroatoms. The highest BCUT2D eigenvalue weighted by atomic mass is 19.1. The zero-order chi connectivity index (χ0) is 38.2. The summed E-state index contributed by atoms with van der Waals surface area (Å²) in [6.45, 7) is 18.8. The number of nitrogens with one attached hydrogen (secondary N) is 1. The molecule has 0 aromatic rings. The molecular weight excluding hydrogens is 663 g/mol. The number of likely N-dealkylation sites (N-methyl/N-ethyl adjacent to an activating group) is 1. The third-order valence-corrected chi connectivity index (χ3v) is 12.7. The van der Waals surface area contributed by atoms with E-state index in [1.54, 1.807) is 14.0 Å². The van der Waals surface area contributed by atoms with Gasteiger partial charge in [0, 0.05) is 37.8 Å². The molecule has 1 amide bonds. The number of methoxy groups -OCH3 is 1. The fraction of sp³-hybridized carbons (Fsp3) is 0.974. The number of carbonyl (C=O) groups excluding carboxylic acids is 1. The van der Waals surface area contributed by atoms with Crippen molar-refractivity contribution in [2.75, 3.05) is 27.4 Å². The first-order valence-corrected chi connectivity index (χ1v) is 19.2. The molecular formula is C38H69FN2O10. The summed E-state index contributed by atoms with van der Waals surface area (Å²) < 4.78 is 53.3. The van der Waals surface area contributed by atoms with Gasteiger partial charge in [0.05, 0.1) is 66.5 Å². The number of fused-ring (bicyclic) bond motifs is 2. The van der Waals surface area contributed by atoms with Crippen molar-refractivity contribution in [1.29, 1.82) is 0 Å². The van der Waals surface area contributed by atoms with Gasteiger partial charge in [-0.05, 0) is 73.4 Å². The number of hydrogen-bond acceptors (Lipinski definition) is 11. The van der Waals surface area contributed by atoms with Crippen LogP contribution >= 0.6 is 0 Å². The number of amides is 1. The highest BCUT2D eigenvalue weighted by molar-refractivity contribution is 5.79. The fourth-order valence-electron chi connectivity index (χ4n) is 9.50. The van der Waals surface area contributed by atoms with Crippen molar-refractivity contribution in [3.63, 3.8) is 0 Å². The van der Waals surface area contributed by atoms with Gasteiger partial charge in [-0.2, -0.15) is 0 Å². The van der Waals surface area contributed by atoms with Crippen LogP contribution in [-0.4, -0.2) is 138 Å². The second kappa shape index (κ2) is 16.8. The van der Waals surface area contributed by atoms with Gasteiger partial charge in [0.1, 0.15) is 11.7 Å². The first kappa shape index (κ1) is 42.7. The lowest BCUT2D eigenvalue weighted by Crippen LogP contribution is -2.61. The maximum Gasteiger partial charge on any atom is 0.225 e. The number of rotatable bonds is 9. The van der Waals surface area contributed by atoms with E-state index in [1.807, 2.05) is 62.4 Å². The average molecular weight is 733 g/mol. The molecule has 4 heterocycles. The lowest BCUT2D eigenvalue weighted by molar-refractivity contribution is -0.311. The van der Waals surface area contributed by atoms with E-state index in [9.17, 15) is 24.5 Å². The number of alkyl halides is 1. The predicted octanol–water partition coefficient (Wildman–Crippen LogP) is 3.56. The molecule has 0 aromatic heterocycles. The molecule has 0 radical (unpaired) electrons. The number of aliphatic hydroxyl groups is 3. The van der Waals surface area contributed by atoms with E-state index in [-0.39, 0.29) is 30.6 Å². The van der Waals surface area contributed by atoms with Gasteiger partial charge >= 0.3 is 0 Å². The van der Waals surface area contributed by atoms with Crippen LogP contribution in [0.1, 0.15) is 101 Å². The van der Waals surface area contributed by atoms with Crippen molar-refractivity contribution in [3.05, 3.63) is 0 Å². The molecule has 4 fully saturated rings. The standard InChI is InChI=1S/C38H69FN2O10/c1-13-41(11)26-16-21(3)48-35(29(26)42)50-33-24(6)31(49-28-19-36(8,46-12)18-22(4)47-28)25(7)34(44)40-27(14-15-39)38(10,45)32(43)23(5)30-20(2)17-37(33,9)51-30/h20-33,35,42-43,45H,13-19H2,1-12H3,(H,40,44)/t20-,21-,22+,23-,24+,25-,26+,27+,28+,29-,30-,31+,32-,33-,35+,36+,37-,38-/m1/s1. The van der Waals surface area contributed by atoms with Crippen molar-refractivity contribution in [2.45, 2.75) is 186 Å². The molecule has 0 aromatic carbocycles. The van der Waals surface area contributed by atoms with E-state index in [1.165, 1.54) is 6.92 Å². The van der Waals surface area contributed by atoms with Crippen molar-refractivity contribution < 1.29 is 52.9 Å². The van der Waals surface area contributed by atoms with Crippen LogP contribution in [0.25, 0.3) is 0 Å². The molecule has 0 aliphatic carbocycles. The Hall–Kier alpha value is -1.00. The number of ether oxygens (including phenoxy) is 6. The minimum atomic E-state index is -1.88. The molecule has 0 unspecified atom stereocenters. The summed E-state index contributed by atoms with van der Waals surface area (Å²) in [6, 6.07) is -1.30. The second-order valence-electron chi connectivity index (χ2n) is 17.1. The van der Waals surface area contributed by atoms with Crippen molar-refractivity contribution >= 4 is 5.91 Å². The van der Waals surface area contributed by atoms with E-state index in [4.69, 9.17) is 28.4 Å². The summed E-state index contributed by atoms with van der Waals surface area (Å²) in [7, 11) is 3.64. The second-order valence-corrected chi connectivity index (χ2v) is 17.1. The summed E-state index contributed by atoms with van der Waals surface area (Å²) in [5.74, 6) is -2.56. The van der Waals surface area contributed by atoms with Crippen LogP contribution in [0.5, 0.6) is 0 Å². The summed E-state index contributed by atoms with van der Waals surface area (Å²) in [5.41, 5.74) is -3.40. The van der Waals surface area contributed by atoms with Crippen LogP contribution < -0.4 is 5.32 Å². The topological polar surface area (TPSA) is 148 Å². The highest BCUT2D eigenvalue weighted by Crippen LogP contribution is 2.47. The van der Waals surface area contributed by atoms with E-state index in [2.05, 4.69) is 10.2 Å². The van der Waals surface area contributed by atoms with E-state index in [0.29, 0.717) is 25.7 Å².